The third-order valence-corrected chi connectivity index (χ3v) is 13.2. The second kappa shape index (κ2) is 11.1. The SMILES string of the molecule is CC1(C)O[C@H]2OC(CO[Si](c3ccccc3)(c3ccccc3)C(C)(C)C)[C@H](OCc3ccc4ccccc4c3)[C@H]2O1. The lowest BCUT2D eigenvalue weighted by atomic mass is 10.1. The lowest BCUT2D eigenvalue weighted by Gasteiger charge is -2.43. The summed E-state index contributed by atoms with van der Waals surface area (Å²) in [6.45, 7) is 11.5. The van der Waals surface area contributed by atoms with Crippen LogP contribution >= 0.6 is 0 Å². The Bertz CT molecular complexity index is 1430. The highest BCUT2D eigenvalue weighted by atomic mass is 28.4. The molecule has 0 bridgehead atoms. The highest BCUT2D eigenvalue weighted by Gasteiger charge is 2.57. The standard InChI is InChI=1S/C35H40O5Si/c1-34(2,3)41(28-16-8-6-9-17-28,29-18-10-7-11-19-29)37-24-30-31(32-33(38-30)40-35(4,5)39-32)36-23-25-20-21-26-14-12-13-15-27(26)22-25/h6-22,30-33H,23-24H2,1-5H3/t30?,31-,32+,33+/m0/s1. The van der Waals surface area contributed by atoms with E-state index in [1.165, 1.54) is 21.1 Å². The quantitative estimate of drug-likeness (QED) is 0.238. The number of hydrogen-bond donors (Lipinski definition) is 0. The van der Waals surface area contributed by atoms with Gasteiger partial charge in [0, 0.05) is 0 Å². The van der Waals surface area contributed by atoms with Crippen LogP contribution in [0.25, 0.3) is 10.8 Å². The highest BCUT2D eigenvalue weighted by Crippen LogP contribution is 2.41. The number of ether oxygens (including phenoxy) is 4. The average molecular weight is 569 g/mol. The molecule has 0 aliphatic carbocycles. The van der Waals surface area contributed by atoms with Gasteiger partial charge in [-0.05, 0) is 51.7 Å². The summed E-state index contributed by atoms with van der Waals surface area (Å²) in [5, 5.41) is 4.74. The molecule has 41 heavy (non-hydrogen) atoms. The Morgan fingerprint density at radius 3 is 2.00 bits per heavy atom. The van der Waals surface area contributed by atoms with Gasteiger partial charge in [0.2, 0.25) is 0 Å². The minimum absolute atomic E-state index is 0.138. The molecule has 5 nitrogen and oxygen atoms in total. The van der Waals surface area contributed by atoms with E-state index < -0.39 is 20.4 Å². The van der Waals surface area contributed by atoms with Gasteiger partial charge in [0.1, 0.15) is 18.3 Å². The molecular weight excluding hydrogens is 528 g/mol. The van der Waals surface area contributed by atoms with Crippen molar-refractivity contribution in [3.63, 3.8) is 0 Å². The molecule has 6 rings (SSSR count). The summed E-state index contributed by atoms with van der Waals surface area (Å²) in [5.41, 5.74) is 1.11. The van der Waals surface area contributed by atoms with Gasteiger partial charge in [0.05, 0.1) is 13.2 Å². The van der Waals surface area contributed by atoms with E-state index in [4.69, 9.17) is 23.4 Å². The fourth-order valence-electron chi connectivity index (χ4n) is 6.37. The van der Waals surface area contributed by atoms with Crippen LogP contribution in [0.4, 0.5) is 0 Å². The number of rotatable bonds is 8. The lowest BCUT2D eigenvalue weighted by Crippen LogP contribution is -2.67. The van der Waals surface area contributed by atoms with E-state index in [2.05, 4.69) is 124 Å². The van der Waals surface area contributed by atoms with Gasteiger partial charge in [0.15, 0.2) is 12.1 Å². The third kappa shape index (κ3) is 5.53. The second-order valence-electron chi connectivity index (χ2n) is 12.6. The van der Waals surface area contributed by atoms with Crippen molar-refractivity contribution in [2.75, 3.05) is 6.61 Å². The van der Waals surface area contributed by atoms with E-state index in [0.29, 0.717) is 13.2 Å². The van der Waals surface area contributed by atoms with Crippen LogP contribution in [0.5, 0.6) is 0 Å². The van der Waals surface area contributed by atoms with E-state index in [1.54, 1.807) is 0 Å². The Morgan fingerprint density at radius 1 is 0.756 bits per heavy atom. The zero-order chi connectivity index (χ0) is 28.7. The third-order valence-electron chi connectivity index (χ3n) is 8.22. The van der Waals surface area contributed by atoms with Crippen LogP contribution < -0.4 is 10.4 Å². The van der Waals surface area contributed by atoms with Crippen molar-refractivity contribution >= 4 is 29.5 Å². The van der Waals surface area contributed by atoms with Crippen LogP contribution in [0.3, 0.4) is 0 Å². The van der Waals surface area contributed by atoms with Gasteiger partial charge in [-0.15, -0.1) is 0 Å². The van der Waals surface area contributed by atoms with Crippen molar-refractivity contribution in [1.82, 2.24) is 0 Å². The molecule has 4 atom stereocenters. The average Bonchev–Trinajstić information content (AvgIpc) is 3.43. The van der Waals surface area contributed by atoms with Gasteiger partial charge in [-0.25, -0.2) is 0 Å². The number of benzene rings is 4. The predicted octanol–water partition coefficient (Wildman–Crippen LogP) is 6.18. The molecule has 2 heterocycles. The van der Waals surface area contributed by atoms with Crippen LogP contribution in [-0.4, -0.2) is 45.3 Å². The first-order valence-corrected chi connectivity index (χ1v) is 16.4. The molecule has 2 aliphatic heterocycles. The molecule has 214 valence electrons. The van der Waals surface area contributed by atoms with E-state index in [0.717, 1.165) is 5.56 Å². The van der Waals surface area contributed by atoms with Crippen LogP contribution in [-0.2, 0) is 30.0 Å². The molecule has 4 aromatic rings. The molecule has 0 radical (unpaired) electrons. The second-order valence-corrected chi connectivity index (χ2v) is 16.9. The van der Waals surface area contributed by atoms with Crippen molar-refractivity contribution in [2.24, 2.45) is 0 Å². The summed E-state index contributed by atoms with van der Waals surface area (Å²) in [6, 6.07) is 36.2. The van der Waals surface area contributed by atoms with Crippen molar-refractivity contribution < 1.29 is 23.4 Å². The topological polar surface area (TPSA) is 46.2 Å². The maximum Gasteiger partial charge on any atom is 0.261 e. The van der Waals surface area contributed by atoms with Crippen LogP contribution in [0.1, 0.15) is 40.2 Å². The maximum atomic E-state index is 7.23. The molecule has 2 aliphatic rings. The lowest BCUT2D eigenvalue weighted by molar-refractivity contribution is -0.222. The minimum atomic E-state index is -2.75. The smallest absolute Gasteiger partial charge is 0.261 e. The molecule has 6 heteroatoms. The first-order valence-electron chi connectivity index (χ1n) is 14.5. The first kappa shape index (κ1) is 28.3. The summed E-state index contributed by atoms with van der Waals surface area (Å²) in [5.74, 6) is -0.732. The zero-order valence-corrected chi connectivity index (χ0v) is 25.6. The Kier molecular flexibility index (Phi) is 7.66. The Balaban J connectivity index is 1.29. The Morgan fingerprint density at radius 2 is 1.37 bits per heavy atom. The Labute approximate surface area is 244 Å². The summed E-state index contributed by atoms with van der Waals surface area (Å²) in [6.07, 6.45) is -1.52. The van der Waals surface area contributed by atoms with Crippen LogP contribution in [0.2, 0.25) is 5.04 Å². The molecule has 0 N–H and O–H groups in total. The van der Waals surface area contributed by atoms with Crippen LogP contribution in [0, 0.1) is 0 Å². The van der Waals surface area contributed by atoms with Gasteiger partial charge >= 0.3 is 0 Å². The number of fused-ring (bicyclic) bond motifs is 2. The van der Waals surface area contributed by atoms with Crippen molar-refractivity contribution in [3.05, 3.63) is 109 Å². The van der Waals surface area contributed by atoms with Crippen molar-refractivity contribution in [1.29, 1.82) is 0 Å². The molecule has 0 amide bonds. The molecule has 2 saturated heterocycles. The van der Waals surface area contributed by atoms with Crippen molar-refractivity contribution in [2.45, 2.75) is 76.7 Å². The van der Waals surface area contributed by atoms with E-state index >= 15 is 0 Å². The fourth-order valence-corrected chi connectivity index (χ4v) is 10.9. The van der Waals surface area contributed by atoms with Gasteiger partial charge in [-0.2, -0.15) is 0 Å². The number of hydrogen-bond acceptors (Lipinski definition) is 5. The molecule has 1 unspecified atom stereocenters. The van der Waals surface area contributed by atoms with E-state index in [9.17, 15) is 0 Å². The Hall–Kier alpha value is -2.84. The summed E-state index contributed by atoms with van der Waals surface area (Å²) in [7, 11) is -2.75. The predicted molar refractivity (Wildman–Crippen MR) is 165 cm³/mol. The molecule has 4 aromatic carbocycles. The van der Waals surface area contributed by atoms with Gasteiger partial charge in [-0.1, -0.05) is 118 Å². The van der Waals surface area contributed by atoms with Gasteiger partial charge < -0.3 is 23.4 Å². The zero-order valence-electron chi connectivity index (χ0n) is 24.6. The maximum absolute atomic E-state index is 7.23. The van der Waals surface area contributed by atoms with E-state index in [-0.39, 0.29) is 23.4 Å². The van der Waals surface area contributed by atoms with Gasteiger partial charge in [0.25, 0.3) is 8.32 Å². The molecular formula is C35H40O5Si. The molecule has 2 fully saturated rings. The molecule has 0 saturated carbocycles. The minimum Gasteiger partial charge on any atom is -0.405 e. The summed E-state index contributed by atoms with van der Waals surface area (Å²) in [4.78, 5) is 0. The molecule has 0 aromatic heterocycles. The first-order chi connectivity index (χ1) is 19.7. The monoisotopic (exact) mass is 568 g/mol. The fraction of sp³-hybridized carbons (Fsp3) is 0.371. The normalized spacial score (nSPS) is 24.0. The molecule has 0 spiro atoms. The van der Waals surface area contributed by atoms with Crippen molar-refractivity contribution in [3.8, 4) is 0 Å². The highest BCUT2D eigenvalue weighted by molar-refractivity contribution is 6.99. The summed E-state index contributed by atoms with van der Waals surface area (Å²) < 4.78 is 32.8. The summed E-state index contributed by atoms with van der Waals surface area (Å²) >= 11 is 0. The largest absolute Gasteiger partial charge is 0.405 e. The van der Waals surface area contributed by atoms with E-state index in [1.807, 2.05) is 13.8 Å². The van der Waals surface area contributed by atoms with Gasteiger partial charge in [-0.3, -0.25) is 0 Å². The van der Waals surface area contributed by atoms with Crippen LogP contribution in [0.15, 0.2) is 103 Å².